The van der Waals surface area contributed by atoms with Crippen LogP contribution in [0, 0.1) is 6.92 Å². The van der Waals surface area contributed by atoms with Crippen molar-refractivity contribution >= 4 is 21.6 Å². The second-order valence-electron chi connectivity index (χ2n) is 11.2. The molecule has 0 spiro atoms. The van der Waals surface area contributed by atoms with Crippen LogP contribution >= 0.6 is 0 Å². The number of rotatable bonds is 9. The fourth-order valence-corrected chi connectivity index (χ4v) is 6.93. The average molecular weight is 582 g/mol. The highest BCUT2D eigenvalue weighted by Gasteiger charge is 2.32. The smallest absolute Gasteiger partial charge is 0.264 e. The van der Waals surface area contributed by atoms with E-state index >= 15 is 0 Å². The molecule has 0 aliphatic carbocycles. The second kappa shape index (κ2) is 12.9. The molecule has 0 radical (unpaired) electrons. The maximum absolute atomic E-state index is 13.9. The molecule has 6 nitrogen and oxygen atoms in total. The second-order valence-corrected chi connectivity index (χ2v) is 13.1. The topological polar surface area (TPSA) is 60.9 Å². The molecule has 7 heteroatoms. The summed E-state index contributed by atoms with van der Waals surface area (Å²) in [6, 6.07) is 35.2. The number of sulfonamides is 1. The number of benzene rings is 4. The van der Waals surface area contributed by atoms with Crippen LogP contribution < -0.4 is 4.31 Å². The third-order valence-corrected chi connectivity index (χ3v) is 9.79. The van der Waals surface area contributed by atoms with Gasteiger partial charge >= 0.3 is 0 Å². The van der Waals surface area contributed by atoms with Crippen molar-refractivity contribution in [1.29, 1.82) is 0 Å². The number of carbonyl (C=O) groups is 1. The van der Waals surface area contributed by atoms with Crippen LogP contribution in [-0.4, -0.2) is 56.8 Å². The van der Waals surface area contributed by atoms with Crippen LogP contribution in [0.2, 0.25) is 0 Å². The lowest BCUT2D eigenvalue weighted by molar-refractivity contribution is -0.131. The number of aryl methyl sites for hydroxylation is 1. The number of hydrogen-bond donors (Lipinski definition) is 0. The molecule has 0 bridgehead atoms. The van der Waals surface area contributed by atoms with Gasteiger partial charge in [0.05, 0.1) is 16.6 Å². The summed E-state index contributed by atoms with van der Waals surface area (Å²) in [5.74, 6) is 0.115. The van der Waals surface area contributed by atoms with Gasteiger partial charge in [-0.3, -0.25) is 14.0 Å². The highest BCUT2D eigenvalue weighted by molar-refractivity contribution is 7.92. The Hall–Kier alpha value is -3.94. The molecule has 42 heavy (non-hydrogen) atoms. The van der Waals surface area contributed by atoms with E-state index in [1.165, 1.54) is 15.4 Å². The normalized spacial score (nSPS) is 14.4. The van der Waals surface area contributed by atoms with E-state index in [0.717, 1.165) is 11.1 Å². The number of piperazine rings is 1. The molecule has 1 aliphatic rings. The van der Waals surface area contributed by atoms with E-state index in [1.54, 1.807) is 41.3 Å². The molecule has 4 aromatic carbocycles. The first-order valence-electron chi connectivity index (χ1n) is 14.5. The first-order chi connectivity index (χ1) is 20.2. The average Bonchev–Trinajstić information content (AvgIpc) is 3.01. The lowest BCUT2D eigenvalue weighted by atomic mass is 9.96. The molecular formula is C35H39N3O3S. The number of anilines is 1. The van der Waals surface area contributed by atoms with E-state index in [2.05, 4.69) is 67.3 Å². The number of amides is 1. The maximum Gasteiger partial charge on any atom is 0.264 e. The summed E-state index contributed by atoms with van der Waals surface area (Å²) >= 11 is 0. The maximum atomic E-state index is 13.9. The van der Waals surface area contributed by atoms with Crippen molar-refractivity contribution in [3.05, 3.63) is 131 Å². The zero-order valence-electron chi connectivity index (χ0n) is 24.6. The Labute approximate surface area is 250 Å². The summed E-state index contributed by atoms with van der Waals surface area (Å²) in [6.07, 6.45) is 0. The predicted molar refractivity (Wildman–Crippen MR) is 169 cm³/mol. The third kappa shape index (κ3) is 6.58. The van der Waals surface area contributed by atoms with Crippen LogP contribution in [-0.2, 0) is 14.8 Å². The lowest BCUT2D eigenvalue weighted by Crippen LogP contribution is -2.52. The van der Waals surface area contributed by atoms with Crippen LogP contribution in [0.1, 0.15) is 48.1 Å². The summed E-state index contributed by atoms with van der Waals surface area (Å²) in [5, 5.41) is 0. The van der Waals surface area contributed by atoms with E-state index in [-0.39, 0.29) is 23.4 Å². The van der Waals surface area contributed by atoms with Gasteiger partial charge in [0.25, 0.3) is 10.0 Å². The summed E-state index contributed by atoms with van der Waals surface area (Å²) in [7, 11) is -3.96. The minimum atomic E-state index is -3.96. The van der Waals surface area contributed by atoms with Gasteiger partial charge in [-0.1, -0.05) is 104 Å². The Morgan fingerprint density at radius 2 is 1.24 bits per heavy atom. The van der Waals surface area contributed by atoms with Crippen molar-refractivity contribution in [3.8, 4) is 0 Å². The fraction of sp³-hybridized carbons (Fsp3) is 0.286. The van der Waals surface area contributed by atoms with Gasteiger partial charge in [0.2, 0.25) is 5.91 Å². The van der Waals surface area contributed by atoms with Crippen molar-refractivity contribution in [1.82, 2.24) is 9.80 Å². The molecule has 5 rings (SSSR count). The number of carbonyl (C=O) groups excluding carboxylic acids is 1. The van der Waals surface area contributed by atoms with Gasteiger partial charge in [0, 0.05) is 26.2 Å². The van der Waals surface area contributed by atoms with Crippen LogP contribution in [0.15, 0.2) is 114 Å². The van der Waals surface area contributed by atoms with Crippen molar-refractivity contribution in [2.24, 2.45) is 0 Å². The molecule has 1 fully saturated rings. The summed E-state index contributed by atoms with van der Waals surface area (Å²) < 4.78 is 29.0. The molecule has 1 amide bonds. The van der Waals surface area contributed by atoms with Crippen LogP contribution in [0.3, 0.4) is 0 Å². The van der Waals surface area contributed by atoms with Crippen molar-refractivity contribution in [3.63, 3.8) is 0 Å². The molecule has 1 saturated heterocycles. The minimum Gasteiger partial charge on any atom is -0.339 e. The molecule has 1 heterocycles. The fourth-order valence-electron chi connectivity index (χ4n) is 5.52. The third-order valence-electron chi connectivity index (χ3n) is 8.00. The first-order valence-corrected chi connectivity index (χ1v) is 16.0. The van der Waals surface area contributed by atoms with E-state index in [9.17, 15) is 13.2 Å². The predicted octanol–water partition coefficient (Wildman–Crippen LogP) is 6.25. The summed E-state index contributed by atoms with van der Waals surface area (Å²) in [5.41, 5.74) is 4.99. The highest BCUT2D eigenvalue weighted by Crippen LogP contribution is 2.30. The van der Waals surface area contributed by atoms with Crippen LogP contribution in [0.4, 0.5) is 5.69 Å². The first kappa shape index (κ1) is 29.5. The number of hydrogen-bond acceptors (Lipinski definition) is 4. The Bertz CT molecular complexity index is 1530. The Morgan fingerprint density at radius 3 is 1.74 bits per heavy atom. The van der Waals surface area contributed by atoms with Gasteiger partial charge in [0.1, 0.15) is 6.54 Å². The molecule has 0 saturated carbocycles. The quantitative estimate of drug-likeness (QED) is 0.235. The molecule has 0 aromatic heterocycles. The largest absolute Gasteiger partial charge is 0.339 e. The van der Waals surface area contributed by atoms with E-state index in [4.69, 9.17) is 0 Å². The standard InChI is InChI=1S/C35H39N3O3S/c1-27(2)29-16-18-32(19-17-29)38(42(40,41)33-20-14-28(3)15-21-33)26-34(39)36-22-24-37(25-23-36)35(30-10-6-4-7-11-30)31-12-8-5-9-13-31/h4-21,27,35H,22-26H2,1-3H3. The van der Waals surface area contributed by atoms with Gasteiger partial charge in [-0.25, -0.2) is 8.42 Å². The van der Waals surface area contributed by atoms with Gasteiger partial charge in [-0.05, 0) is 53.8 Å². The summed E-state index contributed by atoms with van der Waals surface area (Å²) in [4.78, 5) is 18.1. The molecule has 218 valence electrons. The van der Waals surface area contributed by atoms with E-state index in [1.807, 2.05) is 31.2 Å². The molecule has 1 aliphatic heterocycles. The van der Waals surface area contributed by atoms with E-state index in [0.29, 0.717) is 37.8 Å². The van der Waals surface area contributed by atoms with Gasteiger partial charge in [0.15, 0.2) is 0 Å². The van der Waals surface area contributed by atoms with Gasteiger partial charge in [-0.15, -0.1) is 0 Å². The Kier molecular flexibility index (Phi) is 9.09. The molecular weight excluding hydrogens is 542 g/mol. The van der Waals surface area contributed by atoms with E-state index < -0.39 is 10.0 Å². The summed E-state index contributed by atoms with van der Waals surface area (Å²) in [6.45, 7) is 8.29. The lowest BCUT2D eigenvalue weighted by Gasteiger charge is -2.40. The Balaban J connectivity index is 1.36. The molecule has 0 atom stereocenters. The van der Waals surface area contributed by atoms with Crippen LogP contribution in [0.25, 0.3) is 0 Å². The zero-order chi connectivity index (χ0) is 29.7. The molecule has 0 unspecified atom stereocenters. The monoisotopic (exact) mass is 581 g/mol. The van der Waals surface area contributed by atoms with Gasteiger partial charge in [-0.2, -0.15) is 0 Å². The van der Waals surface area contributed by atoms with Crippen molar-refractivity contribution < 1.29 is 13.2 Å². The van der Waals surface area contributed by atoms with Crippen molar-refractivity contribution in [2.75, 3.05) is 37.0 Å². The van der Waals surface area contributed by atoms with Crippen LogP contribution in [0.5, 0.6) is 0 Å². The SMILES string of the molecule is Cc1ccc(S(=O)(=O)N(CC(=O)N2CCN(C(c3ccccc3)c3ccccc3)CC2)c2ccc(C(C)C)cc2)cc1. The molecule has 0 N–H and O–H groups in total. The Morgan fingerprint density at radius 1 is 0.714 bits per heavy atom. The highest BCUT2D eigenvalue weighted by atomic mass is 32.2. The minimum absolute atomic E-state index is 0.0857. The molecule has 4 aromatic rings. The van der Waals surface area contributed by atoms with Crippen molar-refractivity contribution in [2.45, 2.75) is 37.6 Å². The number of nitrogens with zero attached hydrogens (tertiary/aromatic N) is 3. The van der Waals surface area contributed by atoms with Gasteiger partial charge < -0.3 is 4.90 Å². The zero-order valence-corrected chi connectivity index (χ0v) is 25.4.